The number of halogens is 2. The lowest BCUT2D eigenvalue weighted by Crippen LogP contribution is -2.04. The van der Waals surface area contributed by atoms with Crippen molar-refractivity contribution in [2.24, 2.45) is 0 Å². The zero-order valence-electron chi connectivity index (χ0n) is 9.68. The third kappa shape index (κ3) is 3.76. The first-order chi connectivity index (χ1) is 9.10. The van der Waals surface area contributed by atoms with Crippen LogP contribution in [0.15, 0.2) is 22.6 Å². The fourth-order valence-corrected chi connectivity index (χ4v) is 2.62. The monoisotopic (exact) mass is 320 g/mol. The van der Waals surface area contributed by atoms with Crippen molar-refractivity contribution < 1.29 is 13.7 Å². The van der Waals surface area contributed by atoms with E-state index in [0.29, 0.717) is 15.6 Å². The molecule has 0 saturated heterocycles. The van der Waals surface area contributed by atoms with Crippen LogP contribution >= 0.6 is 23.2 Å². The van der Waals surface area contributed by atoms with Gasteiger partial charge in [0.1, 0.15) is 5.75 Å². The van der Waals surface area contributed by atoms with Crippen molar-refractivity contribution >= 4 is 34.0 Å². The van der Waals surface area contributed by atoms with Gasteiger partial charge in [-0.15, -0.1) is 10.2 Å². The first kappa shape index (κ1) is 14.5. The lowest BCUT2D eigenvalue weighted by molar-refractivity contribution is 0.321. The van der Waals surface area contributed by atoms with Gasteiger partial charge in [-0.3, -0.25) is 4.21 Å². The van der Waals surface area contributed by atoms with E-state index in [1.807, 2.05) is 0 Å². The summed E-state index contributed by atoms with van der Waals surface area (Å²) in [6.07, 6.45) is 0. The van der Waals surface area contributed by atoms with E-state index in [0.717, 1.165) is 0 Å². The van der Waals surface area contributed by atoms with Crippen molar-refractivity contribution in [1.29, 1.82) is 0 Å². The smallest absolute Gasteiger partial charge is 0.249 e. The van der Waals surface area contributed by atoms with E-state index in [1.54, 1.807) is 18.2 Å². The Labute approximate surface area is 122 Å². The molecule has 0 fully saturated rings. The Morgan fingerprint density at radius 3 is 2.79 bits per heavy atom. The molecule has 102 valence electrons. The van der Waals surface area contributed by atoms with Gasteiger partial charge in [0.2, 0.25) is 11.8 Å². The van der Waals surface area contributed by atoms with E-state index < -0.39 is 10.8 Å². The molecule has 0 amide bonds. The molecule has 0 bridgehead atoms. The molecule has 1 unspecified atom stereocenters. The maximum atomic E-state index is 11.4. The van der Waals surface area contributed by atoms with E-state index in [9.17, 15) is 4.21 Å². The summed E-state index contributed by atoms with van der Waals surface area (Å²) in [5.74, 6) is 0.781. The number of benzene rings is 1. The van der Waals surface area contributed by atoms with Crippen molar-refractivity contribution in [3.63, 3.8) is 0 Å². The minimum absolute atomic E-state index is 0.110. The van der Waals surface area contributed by atoms with Crippen LogP contribution in [0.2, 0.25) is 10.0 Å². The minimum Gasteiger partial charge on any atom is -0.420 e. The fraction of sp³-hybridized carbons (Fsp3) is 0.273. The molecular weight excluding hydrogens is 311 g/mol. The highest BCUT2D eigenvalue weighted by Crippen LogP contribution is 2.29. The lowest BCUT2D eigenvalue weighted by Gasteiger charge is -1.99. The van der Waals surface area contributed by atoms with Crippen molar-refractivity contribution in [3.05, 3.63) is 34.1 Å². The number of hydrogen-bond donors (Lipinski definition) is 1. The minimum atomic E-state index is -1.22. The Morgan fingerprint density at radius 2 is 2.11 bits per heavy atom. The largest absolute Gasteiger partial charge is 0.420 e. The molecule has 0 radical (unpaired) electrons. The Balaban J connectivity index is 2.18. The van der Waals surface area contributed by atoms with Gasteiger partial charge in [-0.05, 0) is 18.2 Å². The maximum absolute atomic E-state index is 11.4. The van der Waals surface area contributed by atoms with Crippen molar-refractivity contribution in [2.75, 3.05) is 12.4 Å². The normalized spacial score (nSPS) is 12.6. The second kappa shape index (κ2) is 6.47. The summed E-state index contributed by atoms with van der Waals surface area (Å²) in [7, 11) is -1.22. The SMILES string of the molecule is O=S(CCO)Cc1nnc(-c2ccc(Cl)cc2Cl)o1. The number of aromatic nitrogens is 2. The predicted octanol–water partition coefficient (Wildman–Crippen LogP) is 2.28. The molecule has 0 saturated carbocycles. The van der Waals surface area contributed by atoms with Crippen LogP contribution in [-0.2, 0) is 16.6 Å². The average Bonchev–Trinajstić information content (AvgIpc) is 2.77. The number of hydrogen-bond acceptors (Lipinski definition) is 5. The molecule has 1 atom stereocenters. The molecule has 0 aliphatic carbocycles. The van der Waals surface area contributed by atoms with Gasteiger partial charge in [-0.25, -0.2) is 0 Å². The molecule has 19 heavy (non-hydrogen) atoms. The van der Waals surface area contributed by atoms with E-state index in [1.165, 1.54) is 0 Å². The zero-order valence-corrected chi connectivity index (χ0v) is 12.0. The van der Waals surface area contributed by atoms with Crippen molar-refractivity contribution in [2.45, 2.75) is 5.75 Å². The summed E-state index contributed by atoms with van der Waals surface area (Å²) >= 11 is 11.8. The maximum Gasteiger partial charge on any atom is 0.249 e. The summed E-state index contributed by atoms with van der Waals surface area (Å²) in [4.78, 5) is 0. The van der Waals surface area contributed by atoms with Gasteiger partial charge in [0.25, 0.3) is 0 Å². The highest BCUT2D eigenvalue weighted by atomic mass is 35.5. The summed E-state index contributed by atoms with van der Waals surface area (Å²) < 4.78 is 16.8. The van der Waals surface area contributed by atoms with Crippen LogP contribution in [0.3, 0.4) is 0 Å². The van der Waals surface area contributed by atoms with Gasteiger partial charge in [0.05, 0.1) is 17.2 Å². The second-order valence-electron chi connectivity index (χ2n) is 3.64. The molecule has 2 aromatic rings. The summed E-state index contributed by atoms with van der Waals surface area (Å²) in [6, 6.07) is 4.91. The number of rotatable bonds is 5. The quantitative estimate of drug-likeness (QED) is 0.914. The molecule has 0 aliphatic rings. The molecule has 0 aliphatic heterocycles. The fourth-order valence-electron chi connectivity index (χ4n) is 1.40. The van der Waals surface area contributed by atoms with Gasteiger partial charge in [0.15, 0.2) is 0 Å². The van der Waals surface area contributed by atoms with Crippen molar-refractivity contribution in [3.8, 4) is 11.5 Å². The van der Waals surface area contributed by atoms with Crippen LogP contribution in [0.1, 0.15) is 5.89 Å². The third-order valence-corrected chi connectivity index (χ3v) is 3.99. The second-order valence-corrected chi connectivity index (χ2v) is 6.06. The van der Waals surface area contributed by atoms with Gasteiger partial charge in [0, 0.05) is 21.6 Å². The molecule has 0 spiro atoms. The Morgan fingerprint density at radius 1 is 1.32 bits per heavy atom. The highest BCUT2D eigenvalue weighted by Gasteiger charge is 2.13. The molecule has 1 aromatic carbocycles. The highest BCUT2D eigenvalue weighted by molar-refractivity contribution is 7.84. The van der Waals surface area contributed by atoms with E-state index in [2.05, 4.69) is 10.2 Å². The van der Waals surface area contributed by atoms with Crippen LogP contribution in [0, 0.1) is 0 Å². The third-order valence-electron chi connectivity index (χ3n) is 2.23. The van der Waals surface area contributed by atoms with Gasteiger partial charge >= 0.3 is 0 Å². The first-order valence-electron chi connectivity index (χ1n) is 5.34. The topological polar surface area (TPSA) is 76.2 Å². The van der Waals surface area contributed by atoms with Crippen molar-refractivity contribution in [1.82, 2.24) is 10.2 Å². The van der Waals surface area contributed by atoms with Crippen LogP contribution in [0.25, 0.3) is 11.5 Å². The van der Waals surface area contributed by atoms with Gasteiger partial charge in [-0.1, -0.05) is 23.2 Å². The van der Waals surface area contributed by atoms with E-state index in [-0.39, 0.29) is 29.9 Å². The molecule has 8 heteroatoms. The Hall–Kier alpha value is -0.950. The predicted molar refractivity (Wildman–Crippen MR) is 73.6 cm³/mol. The molecule has 5 nitrogen and oxygen atoms in total. The van der Waals surface area contributed by atoms with Crippen LogP contribution in [0.4, 0.5) is 0 Å². The zero-order chi connectivity index (χ0) is 13.8. The lowest BCUT2D eigenvalue weighted by atomic mass is 10.2. The molecule has 1 aromatic heterocycles. The number of aliphatic hydroxyl groups is 1. The van der Waals surface area contributed by atoms with Crippen LogP contribution in [-0.4, -0.2) is 31.9 Å². The summed E-state index contributed by atoms with van der Waals surface area (Å²) in [6.45, 7) is -0.142. The average molecular weight is 321 g/mol. The molecule has 2 rings (SSSR count). The van der Waals surface area contributed by atoms with Gasteiger partial charge < -0.3 is 9.52 Å². The molecular formula is C11H10Cl2N2O3S. The first-order valence-corrected chi connectivity index (χ1v) is 7.58. The van der Waals surface area contributed by atoms with Crippen LogP contribution < -0.4 is 0 Å². The van der Waals surface area contributed by atoms with Crippen LogP contribution in [0.5, 0.6) is 0 Å². The van der Waals surface area contributed by atoms with E-state index in [4.69, 9.17) is 32.7 Å². The number of nitrogens with zero attached hydrogens (tertiary/aromatic N) is 2. The summed E-state index contributed by atoms with van der Waals surface area (Å²) in [5, 5.41) is 17.2. The Bertz CT molecular complexity index is 603. The van der Waals surface area contributed by atoms with E-state index >= 15 is 0 Å². The standard InChI is InChI=1S/C11H10Cl2N2O3S/c12-7-1-2-8(9(13)5-7)11-15-14-10(18-11)6-19(17)4-3-16/h1-2,5,16H,3-4,6H2. The van der Waals surface area contributed by atoms with Gasteiger partial charge in [-0.2, -0.15) is 0 Å². The molecule has 1 N–H and O–H groups in total. The summed E-state index contributed by atoms with van der Waals surface area (Å²) in [5.41, 5.74) is 0.567. The number of aliphatic hydroxyl groups excluding tert-OH is 1. The Kier molecular flexibility index (Phi) is 4.93. The molecule has 1 heterocycles.